The molecule has 0 aromatic heterocycles. The van der Waals surface area contributed by atoms with Crippen LogP contribution in [0.5, 0.6) is 0 Å². The third-order valence-corrected chi connectivity index (χ3v) is 8.80. The van der Waals surface area contributed by atoms with Crippen molar-refractivity contribution in [1.82, 2.24) is 15.5 Å². The quantitative estimate of drug-likeness (QED) is 0.446. The van der Waals surface area contributed by atoms with E-state index in [1.807, 2.05) is 0 Å². The average molecular weight is 450 g/mol. The summed E-state index contributed by atoms with van der Waals surface area (Å²) in [4.78, 5) is 29.2. The second kappa shape index (κ2) is 9.25. The molecule has 5 rings (SSSR count). The molecule has 2 N–H and O–H groups in total. The number of benzene rings is 1. The Morgan fingerprint density at radius 2 is 1.64 bits per heavy atom. The number of hydrogen-bond donors (Lipinski definition) is 2. The van der Waals surface area contributed by atoms with Gasteiger partial charge in [0.1, 0.15) is 0 Å². The Labute approximate surface area is 198 Å². The number of likely N-dealkylation sites (tertiary alicyclic amines) is 1. The largest absolute Gasteiger partial charge is 0.356 e. The SMILES string of the molecule is Cc1ccc(CNC(=O)[C@H]2[C@H](C(=O)NCCCCN3CCCC3)[C@H]3C=C[C@@H]2C32CC2)c(C)c1. The van der Waals surface area contributed by atoms with Gasteiger partial charge in [-0.25, -0.2) is 0 Å². The molecule has 178 valence electrons. The van der Waals surface area contributed by atoms with E-state index in [1.165, 1.54) is 37.1 Å². The number of nitrogens with one attached hydrogen (secondary N) is 2. The fourth-order valence-electron chi connectivity index (χ4n) is 6.85. The Bertz CT molecular complexity index is 929. The minimum Gasteiger partial charge on any atom is -0.356 e. The van der Waals surface area contributed by atoms with Crippen molar-refractivity contribution in [1.29, 1.82) is 0 Å². The Morgan fingerprint density at radius 3 is 2.27 bits per heavy atom. The first-order valence-corrected chi connectivity index (χ1v) is 13.0. The third-order valence-electron chi connectivity index (χ3n) is 8.80. The van der Waals surface area contributed by atoms with Crippen LogP contribution in [-0.2, 0) is 16.1 Å². The van der Waals surface area contributed by atoms with Crippen molar-refractivity contribution in [3.63, 3.8) is 0 Å². The number of allylic oxidation sites excluding steroid dienone is 2. The number of hydrogen-bond acceptors (Lipinski definition) is 3. The molecular weight excluding hydrogens is 410 g/mol. The summed E-state index contributed by atoms with van der Waals surface area (Å²) >= 11 is 0. The Morgan fingerprint density at radius 1 is 0.970 bits per heavy atom. The lowest BCUT2D eigenvalue weighted by Crippen LogP contribution is -2.44. The number of carbonyl (C=O) groups excluding carboxylic acids is 2. The van der Waals surface area contributed by atoms with Crippen LogP contribution < -0.4 is 10.6 Å². The molecule has 1 spiro atoms. The van der Waals surface area contributed by atoms with Crippen molar-refractivity contribution < 1.29 is 9.59 Å². The fraction of sp³-hybridized carbons (Fsp3) is 0.643. The minimum atomic E-state index is -0.238. The maximum absolute atomic E-state index is 13.4. The van der Waals surface area contributed by atoms with Crippen LogP contribution in [0.2, 0.25) is 0 Å². The van der Waals surface area contributed by atoms with Gasteiger partial charge in [-0.3, -0.25) is 9.59 Å². The first-order valence-electron chi connectivity index (χ1n) is 13.0. The minimum absolute atomic E-state index is 0.0484. The molecule has 0 radical (unpaired) electrons. The van der Waals surface area contributed by atoms with Gasteiger partial charge in [0.2, 0.25) is 11.8 Å². The van der Waals surface area contributed by atoms with Gasteiger partial charge in [-0.15, -0.1) is 0 Å². The van der Waals surface area contributed by atoms with Gasteiger partial charge in [-0.05, 0) is 100 Å². The Balaban J connectivity index is 1.18. The van der Waals surface area contributed by atoms with Crippen LogP contribution in [0.25, 0.3) is 0 Å². The summed E-state index contributed by atoms with van der Waals surface area (Å²) in [6, 6.07) is 6.34. The summed E-state index contributed by atoms with van der Waals surface area (Å²) in [5, 5.41) is 6.39. The van der Waals surface area contributed by atoms with Crippen molar-refractivity contribution in [2.75, 3.05) is 26.2 Å². The molecular formula is C28H39N3O2. The van der Waals surface area contributed by atoms with Gasteiger partial charge in [0.15, 0.2) is 0 Å². The topological polar surface area (TPSA) is 61.4 Å². The van der Waals surface area contributed by atoms with Crippen LogP contribution >= 0.6 is 0 Å². The summed E-state index contributed by atoms with van der Waals surface area (Å²) in [6.45, 7) is 9.01. The van der Waals surface area contributed by atoms with Gasteiger partial charge in [0.05, 0.1) is 11.8 Å². The normalized spacial score (nSPS) is 29.0. The lowest BCUT2D eigenvalue weighted by atomic mass is 9.81. The number of aryl methyl sites for hydroxylation is 2. The second-order valence-corrected chi connectivity index (χ2v) is 10.9. The summed E-state index contributed by atoms with van der Waals surface area (Å²) in [5.74, 6) is 0.118. The van der Waals surface area contributed by atoms with Gasteiger partial charge < -0.3 is 15.5 Å². The summed E-state index contributed by atoms with van der Waals surface area (Å²) in [5.41, 5.74) is 3.76. The van der Waals surface area contributed by atoms with E-state index in [4.69, 9.17) is 0 Å². The van der Waals surface area contributed by atoms with Gasteiger partial charge in [-0.2, -0.15) is 0 Å². The summed E-state index contributed by atoms with van der Waals surface area (Å²) < 4.78 is 0. The molecule has 3 fully saturated rings. The number of nitrogens with zero attached hydrogens (tertiary/aromatic N) is 1. The van der Waals surface area contributed by atoms with E-state index in [1.54, 1.807) is 0 Å². The molecule has 2 saturated carbocycles. The number of carbonyl (C=O) groups is 2. The lowest BCUT2D eigenvalue weighted by molar-refractivity contribution is -0.135. The zero-order valence-corrected chi connectivity index (χ0v) is 20.2. The molecule has 1 aromatic carbocycles. The highest BCUT2D eigenvalue weighted by molar-refractivity contribution is 5.90. The first-order chi connectivity index (χ1) is 16.0. The molecule has 4 aliphatic rings. The zero-order valence-electron chi connectivity index (χ0n) is 20.2. The predicted molar refractivity (Wildman–Crippen MR) is 130 cm³/mol. The molecule has 4 atom stereocenters. The maximum Gasteiger partial charge on any atom is 0.224 e. The van der Waals surface area contributed by atoms with Crippen LogP contribution in [0.3, 0.4) is 0 Å². The lowest BCUT2D eigenvalue weighted by Gasteiger charge is -2.26. The predicted octanol–water partition coefficient (Wildman–Crippen LogP) is 3.74. The number of amides is 2. The van der Waals surface area contributed by atoms with Gasteiger partial charge >= 0.3 is 0 Å². The van der Waals surface area contributed by atoms with Crippen LogP contribution in [0.15, 0.2) is 30.4 Å². The average Bonchev–Trinajstić information content (AvgIpc) is 3.15. The van der Waals surface area contributed by atoms with Gasteiger partial charge in [0, 0.05) is 13.1 Å². The fourth-order valence-corrected chi connectivity index (χ4v) is 6.85. The van der Waals surface area contributed by atoms with Crippen LogP contribution in [0.1, 0.15) is 55.2 Å². The van der Waals surface area contributed by atoms with Crippen molar-refractivity contribution in [2.45, 2.75) is 58.9 Å². The van der Waals surface area contributed by atoms with Crippen molar-refractivity contribution >= 4 is 11.8 Å². The highest BCUT2D eigenvalue weighted by atomic mass is 16.2. The number of rotatable bonds is 9. The summed E-state index contributed by atoms with van der Waals surface area (Å²) in [7, 11) is 0. The Hall–Kier alpha value is -2.14. The maximum atomic E-state index is 13.4. The van der Waals surface area contributed by atoms with E-state index in [0.717, 1.165) is 37.8 Å². The molecule has 1 aromatic rings. The van der Waals surface area contributed by atoms with Crippen LogP contribution in [-0.4, -0.2) is 42.9 Å². The Kier molecular flexibility index (Phi) is 6.34. The van der Waals surface area contributed by atoms with E-state index >= 15 is 0 Å². The second-order valence-electron chi connectivity index (χ2n) is 10.9. The van der Waals surface area contributed by atoms with Crippen molar-refractivity contribution in [3.8, 4) is 0 Å². The molecule has 1 saturated heterocycles. The van der Waals surface area contributed by atoms with Crippen molar-refractivity contribution in [3.05, 3.63) is 47.0 Å². The van der Waals surface area contributed by atoms with Gasteiger partial charge in [-0.1, -0.05) is 35.9 Å². The standard InChI is InChI=1S/C28H39N3O2/c1-19-7-8-21(20(2)17-19)18-30-27(33)25-23-10-9-22(28(23)11-12-28)24(25)26(32)29-13-3-4-14-31-15-5-6-16-31/h7-10,17,22-25H,3-6,11-16,18H2,1-2H3,(H,29,32)(H,30,33)/t22-,23+,24-,25-/m1/s1. The van der Waals surface area contributed by atoms with E-state index in [0.29, 0.717) is 13.1 Å². The first kappa shape index (κ1) is 22.6. The van der Waals surface area contributed by atoms with Crippen molar-refractivity contribution in [2.24, 2.45) is 29.1 Å². The van der Waals surface area contributed by atoms with E-state index in [9.17, 15) is 9.59 Å². The molecule has 3 aliphatic carbocycles. The molecule has 2 bridgehead atoms. The monoisotopic (exact) mass is 449 g/mol. The van der Waals surface area contributed by atoms with E-state index < -0.39 is 0 Å². The molecule has 1 heterocycles. The molecule has 2 amide bonds. The highest BCUT2D eigenvalue weighted by Crippen LogP contribution is 2.72. The third kappa shape index (κ3) is 4.37. The summed E-state index contributed by atoms with van der Waals surface area (Å²) in [6.07, 6.45) is 11.5. The number of unbranched alkanes of at least 4 members (excludes halogenated alkanes) is 1. The smallest absolute Gasteiger partial charge is 0.224 e. The molecule has 33 heavy (non-hydrogen) atoms. The van der Waals surface area contributed by atoms with Crippen LogP contribution in [0.4, 0.5) is 0 Å². The zero-order chi connectivity index (χ0) is 23.0. The van der Waals surface area contributed by atoms with E-state index in [2.05, 4.69) is 59.7 Å². The molecule has 5 nitrogen and oxygen atoms in total. The van der Waals surface area contributed by atoms with Gasteiger partial charge in [0.25, 0.3) is 0 Å². The highest BCUT2D eigenvalue weighted by Gasteiger charge is 2.69. The molecule has 0 unspecified atom stereocenters. The van der Waals surface area contributed by atoms with Crippen LogP contribution in [0, 0.1) is 42.9 Å². The molecule has 5 heteroatoms. The van der Waals surface area contributed by atoms with E-state index in [-0.39, 0.29) is 40.9 Å². The molecule has 1 aliphatic heterocycles.